The first-order chi connectivity index (χ1) is 13.0. The summed E-state index contributed by atoms with van der Waals surface area (Å²) in [7, 11) is 0. The summed E-state index contributed by atoms with van der Waals surface area (Å²) in [5, 5.41) is 0. The van der Waals surface area contributed by atoms with E-state index in [0.717, 1.165) is 24.6 Å². The van der Waals surface area contributed by atoms with Crippen molar-refractivity contribution in [2.75, 3.05) is 19.6 Å². The van der Waals surface area contributed by atoms with Crippen LogP contribution in [-0.4, -0.2) is 46.2 Å². The lowest BCUT2D eigenvalue weighted by atomic mass is 10.1. The molecule has 1 aromatic heterocycles. The normalized spacial score (nSPS) is 16.7. The topological polar surface area (TPSA) is 66.7 Å². The van der Waals surface area contributed by atoms with Gasteiger partial charge in [-0.1, -0.05) is 0 Å². The lowest BCUT2D eigenvalue weighted by Crippen LogP contribution is -2.38. The predicted molar refractivity (Wildman–Crippen MR) is 91.4 cm³/mol. The van der Waals surface area contributed by atoms with Crippen LogP contribution in [0.3, 0.4) is 0 Å². The molecule has 0 N–H and O–H groups in total. The second-order valence-corrected chi connectivity index (χ2v) is 6.85. The zero-order valence-corrected chi connectivity index (χ0v) is 14.7. The van der Waals surface area contributed by atoms with Crippen molar-refractivity contribution >= 4 is 11.8 Å². The van der Waals surface area contributed by atoms with E-state index in [1.165, 1.54) is 0 Å². The Morgan fingerprint density at radius 1 is 1.15 bits per heavy atom. The number of aromatic nitrogens is 1. The highest BCUT2D eigenvalue weighted by Gasteiger charge is 2.27. The van der Waals surface area contributed by atoms with E-state index >= 15 is 0 Å². The first-order valence-corrected chi connectivity index (χ1v) is 9.00. The largest absolute Gasteiger partial charge is 0.441 e. The Hall–Kier alpha value is -2.77. The van der Waals surface area contributed by atoms with Gasteiger partial charge in [-0.2, -0.15) is 0 Å². The molecule has 2 aromatic rings. The van der Waals surface area contributed by atoms with Crippen molar-refractivity contribution < 1.29 is 22.8 Å². The van der Waals surface area contributed by atoms with Crippen LogP contribution in [0.2, 0.25) is 0 Å². The summed E-state index contributed by atoms with van der Waals surface area (Å²) in [5.74, 6) is -0.554. The Kier molecular flexibility index (Phi) is 4.63. The van der Waals surface area contributed by atoms with Crippen LogP contribution in [0, 0.1) is 11.6 Å². The van der Waals surface area contributed by atoms with Gasteiger partial charge in [-0.3, -0.25) is 9.59 Å². The summed E-state index contributed by atoms with van der Waals surface area (Å²) in [4.78, 5) is 31.8. The number of halogens is 2. The zero-order valence-electron chi connectivity index (χ0n) is 14.7. The third-order valence-electron chi connectivity index (χ3n) is 4.96. The zero-order chi connectivity index (χ0) is 19.0. The maximum Gasteiger partial charge on any atom is 0.226 e. The van der Waals surface area contributed by atoms with Gasteiger partial charge in [0, 0.05) is 50.5 Å². The molecule has 6 nitrogen and oxygen atoms in total. The van der Waals surface area contributed by atoms with E-state index in [-0.39, 0.29) is 29.7 Å². The highest BCUT2D eigenvalue weighted by molar-refractivity contribution is 5.80. The van der Waals surface area contributed by atoms with Crippen molar-refractivity contribution in [1.82, 2.24) is 14.8 Å². The molecule has 2 amide bonds. The molecular weight excluding hydrogens is 356 g/mol. The summed E-state index contributed by atoms with van der Waals surface area (Å²) in [6.45, 7) is 1.94. The summed E-state index contributed by atoms with van der Waals surface area (Å²) >= 11 is 0. The maximum atomic E-state index is 13.4. The van der Waals surface area contributed by atoms with Crippen LogP contribution in [0.5, 0.6) is 0 Å². The van der Waals surface area contributed by atoms with E-state index in [1.807, 2.05) is 0 Å². The van der Waals surface area contributed by atoms with E-state index < -0.39 is 11.6 Å². The molecule has 8 heteroatoms. The SMILES string of the molecule is O=C1CCCN1CCC(=O)N1CCc2oc(-c3cc(F)cc(F)c3)nc2C1. The number of hydrogen-bond acceptors (Lipinski definition) is 4. The average molecular weight is 375 g/mol. The number of fused-ring (bicyclic) bond motifs is 1. The molecular formula is C19H19F2N3O3. The van der Waals surface area contributed by atoms with Crippen molar-refractivity contribution in [2.45, 2.75) is 32.2 Å². The van der Waals surface area contributed by atoms with Gasteiger partial charge in [0.25, 0.3) is 0 Å². The highest BCUT2D eigenvalue weighted by Crippen LogP contribution is 2.27. The molecule has 0 saturated carbocycles. The number of carbonyl (C=O) groups is 2. The van der Waals surface area contributed by atoms with E-state index in [9.17, 15) is 18.4 Å². The van der Waals surface area contributed by atoms with Gasteiger partial charge in [0.1, 0.15) is 23.1 Å². The van der Waals surface area contributed by atoms with E-state index in [1.54, 1.807) is 9.80 Å². The van der Waals surface area contributed by atoms with Crippen molar-refractivity contribution in [3.05, 3.63) is 41.3 Å². The standard InChI is InChI=1S/C19H19F2N3O3/c20-13-8-12(9-14(21)10-13)19-22-15-11-24(6-3-16(15)27-19)18(26)4-7-23-5-1-2-17(23)25/h8-10H,1-7,11H2. The summed E-state index contributed by atoms with van der Waals surface area (Å²) in [6.07, 6.45) is 2.18. The molecule has 0 aliphatic carbocycles. The minimum absolute atomic E-state index is 0.0401. The summed E-state index contributed by atoms with van der Waals surface area (Å²) < 4.78 is 32.5. The fraction of sp³-hybridized carbons (Fsp3) is 0.421. The maximum absolute atomic E-state index is 13.4. The number of oxazole rings is 1. The molecule has 0 bridgehead atoms. The molecule has 0 spiro atoms. The number of amides is 2. The number of nitrogens with zero attached hydrogens (tertiary/aromatic N) is 3. The van der Waals surface area contributed by atoms with E-state index in [0.29, 0.717) is 50.5 Å². The third-order valence-corrected chi connectivity index (χ3v) is 4.96. The van der Waals surface area contributed by atoms with Crippen LogP contribution in [-0.2, 0) is 22.6 Å². The van der Waals surface area contributed by atoms with Crippen LogP contribution < -0.4 is 0 Å². The van der Waals surface area contributed by atoms with Crippen LogP contribution in [0.4, 0.5) is 8.78 Å². The summed E-state index contributed by atoms with van der Waals surface area (Å²) in [6, 6.07) is 3.12. The molecule has 4 rings (SSSR count). The molecule has 1 fully saturated rings. The monoisotopic (exact) mass is 375 g/mol. The molecule has 1 aromatic carbocycles. The lowest BCUT2D eigenvalue weighted by Gasteiger charge is -2.26. The molecule has 142 valence electrons. The fourth-order valence-electron chi connectivity index (χ4n) is 3.54. The molecule has 3 heterocycles. The Morgan fingerprint density at radius 3 is 2.63 bits per heavy atom. The smallest absolute Gasteiger partial charge is 0.226 e. The molecule has 2 aliphatic heterocycles. The van der Waals surface area contributed by atoms with Crippen LogP contribution >= 0.6 is 0 Å². The first kappa shape index (κ1) is 17.6. The first-order valence-electron chi connectivity index (χ1n) is 9.00. The van der Waals surface area contributed by atoms with Crippen LogP contribution in [0.15, 0.2) is 22.6 Å². The van der Waals surface area contributed by atoms with Gasteiger partial charge < -0.3 is 14.2 Å². The minimum Gasteiger partial charge on any atom is -0.441 e. The van der Waals surface area contributed by atoms with Gasteiger partial charge in [-0.25, -0.2) is 13.8 Å². The Morgan fingerprint density at radius 2 is 1.93 bits per heavy atom. The Bertz CT molecular complexity index is 876. The molecule has 0 radical (unpaired) electrons. The quantitative estimate of drug-likeness (QED) is 0.824. The predicted octanol–water partition coefficient (Wildman–Crippen LogP) is 2.52. The number of benzene rings is 1. The van der Waals surface area contributed by atoms with Gasteiger partial charge in [-0.15, -0.1) is 0 Å². The van der Waals surface area contributed by atoms with Gasteiger partial charge in [0.05, 0.1) is 6.54 Å². The van der Waals surface area contributed by atoms with E-state index in [4.69, 9.17) is 4.42 Å². The van der Waals surface area contributed by atoms with Crippen molar-refractivity contribution in [3.63, 3.8) is 0 Å². The third kappa shape index (κ3) is 3.70. The molecule has 1 saturated heterocycles. The van der Waals surface area contributed by atoms with Crippen molar-refractivity contribution in [3.8, 4) is 11.5 Å². The highest BCUT2D eigenvalue weighted by atomic mass is 19.1. The lowest BCUT2D eigenvalue weighted by molar-refractivity contribution is -0.133. The molecule has 0 unspecified atom stereocenters. The second-order valence-electron chi connectivity index (χ2n) is 6.85. The Balaban J connectivity index is 1.43. The fourth-order valence-corrected chi connectivity index (χ4v) is 3.54. The molecule has 0 atom stereocenters. The van der Waals surface area contributed by atoms with E-state index in [2.05, 4.69) is 4.98 Å². The van der Waals surface area contributed by atoms with Gasteiger partial charge in [0.2, 0.25) is 17.7 Å². The Labute approximate surface area is 154 Å². The molecule has 27 heavy (non-hydrogen) atoms. The van der Waals surface area contributed by atoms with Crippen LogP contribution in [0.1, 0.15) is 30.7 Å². The number of likely N-dealkylation sites (tertiary alicyclic amines) is 1. The van der Waals surface area contributed by atoms with Gasteiger partial charge >= 0.3 is 0 Å². The number of rotatable bonds is 4. The van der Waals surface area contributed by atoms with Gasteiger partial charge in [-0.05, 0) is 18.6 Å². The average Bonchev–Trinajstić information content (AvgIpc) is 3.24. The van der Waals surface area contributed by atoms with Crippen molar-refractivity contribution in [1.29, 1.82) is 0 Å². The minimum atomic E-state index is -0.700. The second kappa shape index (κ2) is 7.09. The van der Waals surface area contributed by atoms with Crippen LogP contribution in [0.25, 0.3) is 11.5 Å². The van der Waals surface area contributed by atoms with Gasteiger partial charge in [0.15, 0.2) is 0 Å². The number of hydrogen-bond donors (Lipinski definition) is 0. The molecule has 2 aliphatic rings. The summed E-state index contributed by atoms with van der Waals surface area (Å²) in [5.41, 5.74) is 0.832. The number of carbonyl (C=O) groups excluding carboxylic acids is 2. The van der Waals surface area contributed by atoms with Crippen molar-refractivity contribution in [2.24, 2.45) is 0 Å².